The van der Waals surface area contributed by atoms with Crippen LogP contribution in [0, 0.1) is 0 Å². The molecular formula is C12H25NO3. The van der Waals surface area contributed by atoms with E-state index in [1.54, 1.807) is 7.11 Å². The minimum Gasteiger partial charge on any atom is -0.381 e. The van der Waals surface area contributed by atoms with Gasteiger partial charge < -0.3 is 19.5 Å². The van der Waals surface area contributed by atoms with Gasteiger partial charge in [-0.25, -0.2) is 0 Å². The summed E-state index contributed by atoms with van der Waals surface area (Å²) in [4.78, 5) is 0. The molecule has 0 radical (unpaired) electrons. The van der Waals surface area contributed by atoms with Crippen LogP contribution in [0.1, 0.15) is 26.7 Å². The lowest BCUT2D eigenvalue weighted by Gasteiger charge is -2.42. The van der Waals surface area contributed by atoms with Crippen molar-refractivity contribution in [3.63, 3.8) is 0 Å². The van der Waals surface area contributed by atoms with Crippen LogP contribution in [0.25, 0.3) is 0 Å². The van der Waals surface area contributed by atoms with E-state index in [4.69, 9.17) is 14.2 Å². The van der Waals surface area contributed by atoms with Gasteiger partial charge in [0.2, 0.25) is 0 Å². The first kappa shape index (κ1) is 13.9. The first-order valence-electron chi connectivity index (χ1n) is 6.23. The molecule has 96 valence electrons. The minimum atomic E-state index is -0.122. The van der Waals surface area contributed by atoms with Crippen molar-refractivity contribution in [2.24, 2.45) is 0 Å². The molecular weight excluding hydrogens is 206 g/mol. The zero-order chi connectivity index (χ0) is 11.9. The van der Waals surface area contributed by atoms with Gasteiger partial charge in [0, 0.05) is 39.8 Å². The summed E-state index contributed by atoms with van der Waals surface area (Å²) in [6, 6.07) is 0.256. The average Bonchev–Trinajstić information content (AvgIpc) is 2.35. The van der Waals surface area contributed by atoms with Crippen LogP contribution in [0.4, 0.5) is 0 Å². The van der Waals surface area contributed by atoms with E-state index in [0.717, 1.165) is 39.2 Å². The van der Waals surface area contributed by atoms with Crippen molar-refractivity contribution in [1.29, 1.82) is 0 Å². The summed E-state index contributed by atoms with van der Waals surface area (Å²) in [5.74, 6) is 0. The fourth-order valence-electron chi connectivity index (χ4n) is 2.29. The van der Waals surface area contributed by atoms with Crippen molar-refractivity contribution in [3.8, 4) is 0 Å². The Balaban J connectivity index is 2.62. The number of likely N-dealkylation sites (N-methyl/N-ethyl adjacent to an activating group) is 1. The Morgan fingerprint density at radius 3 is 2.50 bits per heavy atom. The molecule has 0 amide bonds. The van der Waals surface area contributed by atoms with Crippen LogP contribution in [0.2, 0.25) is 0 Å². The van der Waals surface area contributed by atoms with Crippen LogP contribution in [0.5, 0.6) is 0 Å². The Kier molecular flexibility index (Phi) is 6.28. The topological polar surface area (TPSA) is 39.7 Å². The number of nitrogens with one attached hydrogen (secondary N) is 1. The van der Waals surface area contributed by atoms with Gasteiger partial charge in [0.25, 0.3) is 0 Å². The van der Waals surface area contributed by atoms with Crippen molar-refractivity contribution >= 4 is 0 Å². The van der Waals surface area contributed by atoms with Gasteiger partial charge in [-0.1, -0.05) is 6.92 Å². The molecule has 4 nitrogen and oxygen atoms in total. The number of hydrogen-bond donors (Lipinski definition) is 1. The number of rotatable bonds is 7. The number of methoxy groups -OCH3 is 1. The molecule has 0 bridgehead atoms. The lowest BCUT2D eigenvalue weighted by atomic mass is 9.86. The summed E-state index contributed by atoms with van der Waals surface area (Å²) in [6.45, 7) is 8.08. The van der Waals surface area contributed by atoms with Crippen molar-refractivity contribution in [1.82, 2.24) is 5.32 Å². The summed E-state index contributed by atoms with van der Waals surface area (Å²) in [5, 5.41) is 3.47. The van der Waals surface area contributed by atoms with E-state index in [0.29, 0.717) is 6.61 Å². The Hall–Kier alpha value is -0.160. The third-order valence-electron chi connectivity index (χ3n) is 3.32. The maximum absolute atomic E-state index is 5.77. The summed E-state index contributed by atoms with van der Waals surface area (Å²) < 4.78 is 16.7. The first-order chi connectivity index (χ1) is 7.79. The molecule has 1 rings (SSSR count). The number of ether oxygens (including phenoxy) is 3. The van der Waals surface area contributed by atoms with Gasteiger partial charge in [0.05, 0.1) is 18.2 Å². The quantitative estimate of drug-likeness (QED) is 0.714. The van der Waals surface area contributed by atoms with Crippen molar-refractivity contribution < 1.29 is 14.2 Å². The summed E-state index contributed by atoms with van der Waals surface area (Å²) >= 11 is 0. The van der Waals surface area contributed by atoms with E-state index in [-0.39, 0.29) is 11.6 Å². The molecule has 1 saturated heterocycles. The van der Waals surface area contributed by atoms with E-state index in [1.807, 2.05) is 6.92 Å². The third kappa shape index (κ3) is 3.42. The predicted molar refractivity (Wildman–Crippen MR) is 63.8 cm³/mol. The third-order valence-corrected chi connectivity index (χ3v) is 3.32. The highest BCUT2D eigenvalue weighted by Gasteiger charge is 2.40. The van der Waals surface area contributed by atoms with Gasteiger partial charge >= 0.3 is 0 Å². The van der Waals surface area contributed by atoms with Crippen molar-refractivity contribution in [2.45, 2.75) is 38.3 Å². The molecule has 1 N–H and O–H groups in total. The molecule has 16 heavy (non-hydrogen) atoms. The molecule has 1 aliphatic rings. The van der Waals surface area contributed by atoms with E-state index in [2.05, 4.69) is 12.2 Å². The van der Waals surface area contributed by atoms with Crippen LogP contribution < -0.4 is 5.32 Å². The Bertz CT molecular complexity index is 181. The smallest absolute Gasteiger partial charge is 0.0897 e. The molecule has 4 heteroatoms. The average molecular weight is 231 g/mol. The molecule has 0 aromatic carbocycles. The molecule has 1 atom stereocenters. The SMILES string of the molecule is CCNC(COCC)C1(OC)CCOCC1. The Labute approximate surface area is 98.6 Å². The second kappa shape index (κ2) is 7.22. The standard InChI is InChI=1S/C12H25NO3/c1-4-13-11(10-15-5-2)12(14-3)6-8-16-9-7-12/h11,13H,4-10H2,1-3H3. The fraction of sp³-hybridized carbons (Fsp3) is 1.00. The molecule has 0 aromatic rings. The zero-order valence-corrected chi connectivity index (χ0v) is 10.8. The number of hydrogen-bond acceptors (Lipinski definition) is 4. The second-order valence-corrected chi connectivity index (χ2v) is 4.15. The minimum absolute atomic E-state index is 0.122. The normalized spacial score (nSPS) is 21.9. The van der Waals surface area contributed by atoms with Gasteiger partial charge in [-0.05, 0) is 13.5 Å². The lowest BCUT2D eigenvalue weighted by molar-refractivity contribution is -0.121. The fourth-order valence-corrected chi connectivity index (χ4v) is 2.29. The van der Waals surface area contributed by atoms with Crippen LogP contribution in [-0.2, 0) is 14.2 Å². The van der Waals surface area contributed by atoms with Gasteiger partial charge in [0.1, 0.15) is 0 Å². The lowest BCUT2D eigenvalue weighted by Crippen LogP contribution is -2.57. The molecule has 0 aliphatic carbocycles. The van der Waals surface area contributed by atoms with Gasteiger partial charge in [0.15, 0.2) is 0 Å². The molecule has 1 aliphatic heterocycles. The van der Waals surface area contributed by atoms with Crippen LogP contribution in [-0.4, -0.2) is 51.7 Å². The molecule has 0 saturated carbocycles. The van der Waals surface area contributed by atoms with Gasteiger partial charge in [-0.3, -0.25) is 0 Å². The zero-order valence-electron chi connectivity index (χ0n) is 10.8. The Morgan fingerprint density at radius 1 is 1.31 bits per heavy atom. The molecule has 1 fully saturated rings. The van der Waals surface area contributed by atoms with Crippen molar-refractivity contribution in [2.75, 3.05) is 40.1 Å². The second-order valence-electron chi connectivity index (χ2n) is 4.15. The van der Waals surface area contributed by atoms with Crippen LogP contribution in [0.15, 0.2) is 0 Å². The van der Waals surface area contributed by atoms with Crippen molar-refractivity contribution in [3.05, 3.63) is 0 Å². The van der Waals surface area contributed by atoms with E-state index >= 15 is 0 Å². The molecule has 0 aromatic heterocycles. The monoisotopic (exact) mass is 231 g/mol. The highest BCUT2D eigenvalue weighted by molar-refractivity contribution is 4.94. The summed E-state index contributed by atoms with van der Waals surface area (Å²) in [7, 11) is 1.79. The first-order valence-corrected chi connectivity index (χ1v) is 6.23. The van der Waals surface area contributed by atoms with Gasteiger partial charge in [-0.2, -0.15) is 0 Å². The van der Waals surface area contributed by atoms with E-state index < -0.39 is 0 Å². The summed E-state index contributed by atoms with van der Waals surface area (Å²) in [6.07, 6.45) is 1.88. The highest BCUT2D eigenvalue weighted by Crippen LogP contribution is 2.28. The molecule has 1 heterocycles. The molecule has 0 spiro atoms. The van der Waals surface area contributed by atoms with Crippen LogP contribution >= 0.6 is 0 Å². The largest absolute Gasteiger partial charge is 0.381 e. The summed E-state index contributed by atoms with van der Waals surface area (Å²) in [5.41, 5.74) is -0.122. The maximum atomic E-state index is 5.77. The van der Waals surface area contributed by atoms with Gasteiger partial charge in [-0.15, -0.1) is 0 Å². The van der Waals surface area contributed by atoms with Crippen LogP contribution in [0.3, 0.4) is 0 Å². The predicted octanol–water partition coefficient (Wildman–Crippen LogP) is 1.20. The van der Waals surface area contributed by atoms with E-state index in [9.17, 15) is 0 Å². The highest BCUT2D eigenvalue weighted by atomic mass is 16.5. The Morgan fingerprint density at radius 2 is 2.00 bits per heavy atom. The molecule has 1 unspecified atom stereocenters. The van der Waals surface area contributed by atoms with E-state index in [1.165, 1.54) is 0 Å². The maximum Gasteiger partial charge on any atom is 0.0897 e.